The van der Waals surface area contributed by atoms with E-state index in [0.29, 0.717) is 29.4 Å². The molecule has 0 spiro atoms. The lowest BCUT2D eigenvalue weighted by molar-refractivity contribution is 0.400. The van der Waals surface area contributed by atoms with Crippen LogP contribution < -0.4 is 15.6 Å². The summed E-state index contributed by atoms with van der Waals surface area (Å²) in [6, 6.07) is 9.78. The standard InChI is InChI=1S/C24H28FN4O6PS/c1-35-36(2,32)27-23(26-17-7-9-18(10-8-17)28-37(3,33)34)21-22(30)19-14-16(25)6-11-20(19)29(24(21)31)13-12-15-4-5-15/h6-11,14-15,28,30H,4-5,12-13H2,1-3H3,(H,26,27,32). The Morgan fingerprint density at radius 2 is 1.86 bits per heavy atom. The van der Waals surface area contributed by atoms with Crippen molar-refractivity contribution in [1.82, 2.24) is 4.57 Å². The van der Waals surface area contributed by atoms with E-state index in [4.69, 9.17) is 4.52 Å². The lowest BCUT2D eigenvalue weighted by Crippen LogP contribution is -2.30. The average Bonchev–Trinajstić information content (AvgIpc) is 3.64. The first-order chi connectivity index (χ1) is 17.4. The van der Waals surface area contributed by atoms with Gasteiger partial charge in [0.1, 0.15) is 17.1 Å². The van der Waals surface area contributed by atoms with Crippen LogP contribution in [0.3, 0.4) is 0 Å². The van der Waals surface area contributed by atoms with E-state index in [0.717, 1.165) is 31.6 Å². The van der Waals surface area contributed by atoms with Crippen LogP contribution in [0.5, 0.6) is 5.75 Å². The van der Waals surface area contributed by atoms with Gasteiger partial charge in [-0.05, 0) is 54.8 Å². The number of fused-ring (bicyclic) bond motifs is 1. The minimum atomic E-state index is -3.61. The van der Waals surface area contributed by atoms with Gasteiger partial charge in [0.15, 0.2) is 5.84 Å². The first-order valence-electron chi connectivity index (χ1n) is 11.5. The van der Waals surface area contributed by atoms with Crippen LogP contribution in [0.2, 0.25) is 0 Å². The Bertz CT molecular complexity index is 1580. The van der Waals surface area contributed by atoms with Gasteiger partial charge in [0.25, 0.3) is 5.56 Å². The molecular weight excluding hydrogens is 522 g/mol. The van der Waals surface area contributed by atoms with Crippen LogP contribution >= 0.6 is 7.52 Å². The molecule has 0 saturated heterocycles. The molecule has 37 heavy (non-hydrogen) atoms. The lowest BCUT2D eigenvalue weighted by atomic mass is 10.1. The van der Waals surface area contributed by atoms with Crippen LogP contribution in [0, 0.1) is 11.7 Å². The number of nitrogens with zero attached hydrogens (tertiary/aromatic N) is 2. The SMILES string of the molecule is COP(C)(=O)/N=C(\Nc1ccc(NS(C)(=O)=O)cc1)c1c(O)c2cc(F)ccc2n(CCC2CC2)c1=O. The van der Waals surface area contributed by atoms with Crippen molar-refractivity contribution in [3.8, 4) is 5.75 Å². The molecule has 1 heterocycles. The molecule has 0 radical (unpaired) electrons. The van der Waals surface area contributed by atoms with Crippen molar-refractivity contribution in [3.05, 3.63) is 64.2 Å². The monoisotopic (exact) mass is 550 g/mol. The maximum Gasteiger partial charge on any atom is 0.313 e. The van der Waals surface area contributed by atoms with E-state index >= 15 is 0 Å². The second-order valence-electron chi connectivity index (χ2n) is 9.08. The van der Waals surface area contributed by atoms with Gasteiger partial charge in [0.05, 0.1) is 11.8 Å². The number of benzene rings is 2. The van der Waals surface area contributed by atoms with E-state index in [-0.39, 0.29) is 16.8 Å². The highest BCUT2D eigenvalue weighted by Crippen LogP contribution is 2.44. The molecule has 0 amide bonds. The molecule has 3 N–H and O–H groups in total. The first kappa shape index (κ1) is 26.8. The summed E-state index contributed by atoms with van der Waals surface area (Å²) in [6.07, 6.45) is 3.93. The topological polar surface area (TPSA) is 139 Å². The Labute approximate surface area is 213 Å². The molecule has 1 aromatic heterocycles. The van der Waals surface area contributed by atoms with Gasteiger partial charge in [-0.25, -0.2) is 12.8 Å². The van der Waals surface area contributed by atoms with Crippen molar-refractivity contribution in [2.75, 3.05) is 30.1 Å². The number of aromatic hydroxyl groups is 1. The number of halogens is 1. The summed E-state index contributed by atoms with van der Waals surface area (Å²) in [5.41, 5.74) is 0.157. The second kappa shape index (κ2) is 10.3. The fourth-order valence-electron chi connectivity index (χ4n) is 3.90. The smallest absolute Gasteiger partial charge is 0.313 e. The molecule has 1 saturated carbocycles. The Kier molecular flexibility index (Phi) is 7.45. The highest BCUT2D eigenvalue weighted by atomic mass is 32.2. The van der Waals surface area contributed by atoms with E-state index in [1.807, 2.05) is 0 Å². The Balaban J connectivity index is 1.86. The Morgan fingerprint density at radius 3 is 2.46 bits per heavy atom. The van der Waals surface area contributed by atoms with E-state index in [1.54, 1.807) is 0 Å². The van der Waals surface area contributed by atoms with E-state index < -0.39 is 34.7 Å². The molecule has 4 rings (SSSR count). The number of rotatable bonds is 9. The number of hydrogen-bond acceptors (Lipinski definition) is 6. The maximum atomic E-state index is 14.2. The number of anilines is 2. The molecule has 1 unspecified atom stereocenters. The van der Waals surface area contributed by atoms with Gasteiger partial charge in [-0.15, -0.1) is 0 Å². The van der Waals surface area contributed by atoms with Crippen LogP contribution in [0.15, 0.2) is 52.0 Å². The number of hydrogen-bond donors (Lipinski definition) is 3. The third kappa shape index (κ3) is 6.57. The van der Waals surface area contributed by atoms with Crippen molar-refractivity contribution in [3.63, 3.8) is 0 Å². The molecule has 198 valence electrons. The number of pyridine rings is 1. The van der Waals surface area contributed by atoms with E-state index in [2.05, 4.69) is 14.8 Å². The van der Waals surface area contributed by atoms with Crippen molar-refractivity contribution in [1.29, 1.82) is 0 Å². The highest BCUT2D eigenvalue weighted by molar-refractivity contribution is 7.92. The number of nitrogens with one attached hydrogen (secondary N) is 2. The van der Waals surface area contributed by atoms with Gasteiger partial charge in [-0.2, -0.15) is 4.76 Å². The highest BCUT2D eigenvalue weighted by Gasteiger charge is 2.26. The van der Waals surface area contributed by atoms with Gasteiger partial charge in [-0.3, -0.25) is 14.1 Å². The predicted molar refractivity (Wildman–Crippen MR) is 143 cm³/mol. The van der Waals surface area contributed by atoms with Gasteiger partial charge < -0.3 is 19.5 Å². The molecule has 1 aliphatic rings. The summed E-state index contributed by atoms with van der Waals surface area (Å²) in [5, 5.41) is 14.2. The molecular formula is C24H28FN4O6PS. The zero-order chi connectivity index (χ0) is 27.0. The largest absolute Gasteiger partial charge is 0.506 e. The van der Waals surface area contributed by atoms with Crippen molar-refractivity contribution >= 4 is 45.7 Å². The number of amidine groups is 1. The van der Waals surface area contributed by atoms with E-state index in [1.165, 1.54) is 54.7 Å². The molecule has 0 aliphatic heterocycles. The number of sulfonamides is 1. The summed E-state index contributed by atoms with van der Waals surface area (Å²) >= 11 is 0. The molecule has 10 nitrogen and oxygen atoms in total. The fourth-order valence-corrected chi connectivity index (χ4v) is 5.06. The summed E-state index contributed by atoms with van der Waals surface area (Å²) in [5.74, 6) is -0.834. The van der Waals surface area contributed by atoms with Crippen LogP contribution in [-0.2, 0) is 25.7 Å². The second-order valence-corrected chi connectivity index (χ2v) is 13.0. The number of aromatic nitrogens is 1. The average molecular weight is 551 g/mol. The summed E-state index contributed by atoms with van der Waals surface area (Å²) < 4.78 is 62.9. The molecule has 3 aromatic rings. The number of aryl methyl sites for hydroxylation is 1. The normalized spacial score (nSPS) is 15.9. The molecule has 1 fully saturated rings. The van der Waals surface area contributed by atoms with Gasteiger partial charge in [0.2, 0.25) is 10.0 Å². The molecule has 13 heteroatoms. The summed E-state index contributed by atoms with van der Waals surface area (Å²) in [6.45, 7) is 1.60. The predicted octanol–water partition coefficient (Wildman–Crippen LogP) is 4.35. The maximum absolute atomic E-state index is 14.2. The summed E-state index contributed by atoms with van der Waals surface area (Å²) in [4.78, 5) is 13.7. The molecule has 2 aromatic carbocycles. The van der Waals surface area contributed by atoms with Crippen LogP contribution in [0.25, 0.3) is 10.9 Å². The van der Waals surface area contributed by atoms with Crippen LogP contribution in [-0.4, -0.2) is 44.0 Å². The lowest BCUT2D eigenvalue weighted by Gasteiger charge is -2.18. The van der Waals surface area contributed by atoms with Crippen molar-refractivity contribution in [2.24, 2.45) is 10.7 Å². The third-order valence-corrected chi connectivity index (χ3v) is 7.81. The molecule has 1 atom stereocenters. The Morgan fingerprint density at radius 1 is 1.22 bits per heavy atom. The quantitative estimate of drug-likeness (QED) is 0.205. The molecule has 1 aliphatic carbocycles. The van der Waals surface area contributed by atoms with E-state index in [9.17, 15) is 27.3 Å². The first-order valence-corrected chi connectivity index (χ1v) is 15.4. The van der Waals surface area contributed by atoms with Crippen LogP contribution in [0.4, 0.5) is 15.8 Å². The minimum Gasteiger partial charge on any atom is -0.506 e. The minimum absolute atomic E-state index is 0.107. The van der Waals surface area contributed by atoms with Gasteiger partial charge >= 0.3 is 7.52 Å². The third-order valence-electron chi connectivity index (χ3n) is 5.97. The van der Waals surface area contributed by atoms with Gasteiger partial charge in [0, 0.05) is 37.1 Å². The summed E-state index contributed by atoms with van der Waals surface area (Å²) in [7, 11) is -5.90. The fraction of sp³-hybridized carbons (Fsp3) is 0.333. The van der Waals surface area contributed by atoms with Crippen molar-refractivity contribution < 1.29 is 27.0 Å². The zero-order valence-corrected chi connectivity index (χ0v) is 22.3. The molecule has 0 bridgehead atoms. The Hall–Kier alpha value is -3.21. The van der Waals surface area contributed by atoms with Crippen molar-refractivity contribution in [2.45, 2.75) is 25.8 Å². The zero-order valence-electron chi connectivity index (χ0n) is 20.6. The van der Waals surface area contributed by atoms with Crippen LogP contribution in [0.1, 0.15) is 24.8 Å². The van der Waals surface area contributed by atoms with Gasteiger partial charge in [-0.1, -0.05) is 12.8 Å².